The van der Waals surface area contributed by atoms with Crippen LogP contribution in [0, 0.1) is 0 Å². The predicted molar refractivity (Wildman–Crippen MR) is 77.3 cm³/mol. The molecule has 3 rings (SSSR count). The van der Waals surface area contributed by atoms with Crippen molar-refractivity contribution >= 4 is 33.6 Å². The van der Waals surface area contributed by atoms with Crippen molar-refractivity contribution in [3.05, 3.63) is 35.3 Å². The highest BCUT2D eigenvalue weighted by Gasteiger charge is 2.04. The van der Waals surface area contributed by atoms with E-state index < -0.39 is 0 Å². The Labute approximate surface area is 114 Å². The van der Waals surface area contributed by atoms with Gasteiger partial charge in [0.05, 0.1) is 5.69 Å². The van der Waals surface area contributed by atoms with Gasteiger partial charge in [-0.3, -0.25) is 0 Å². The van der Waals surface area contributed by atoms with Crippen LogP contribution in [0.2, 0.25) is 0 Å². The summed E-state index contributed by atoms with van der Waals surface area (Å²) < 4.78 is 5.57. The summed E-state index contributed by atoms with van der Waals surface area (Å²) >= 11 is 1.48. The molecule has 0 bridgehead atoms. The number of thiazole rings is 1. The van der Waals surface area contributed by atoms with E-state index in [4.69, 9.17) is 10.2 Å². The van der Waals surface area contributed by atoms with Crippen molar-refractivity contribution in [2.24, 2.45) is 0 Å². The maximum atomic E-state index is 5.58. The van der Waals surface area contributed by atoms with Crippen molar-refractivity contribution in [2.45, 2.75) is 12.8 Å². The summed E-state index contributed by atoms with van der Waals surface area (Å²) in [5.74, 6) is 0. The average molecular weight is 274 g/mol. The molecule has 6 heteroatoms. The number of aromatic nitrogens is 2. The molecule has 5 nitrogen and oxygen atoms in total. The van der Waals surface area contributed by atoms with E-state index in [1.54, 1.807) is 0 Å². The molecule has 2 heterocycles. The second-order valence-corrected chi connectivity index (χ2v) is 5.08. The fourth-order valence-corrected chi connectivity index (χ4v) is 2.45. The maximum absolute atomic E-state index is 5.58. The molecule has 0 aliphatic carbocycles. The number of benzene rings is 1. The number of hydrogen-bond donors (Lipinski definition) is 2. The number of nitrogens with zero attached hydrogens (tertiary/aromatic N) is 2. The average Bonchev–Trinajstić information content (AvgIpc) is 3.00. The quantitative estimate of drug-likeness (QED) is 0.699. The third-order valence-corrected chi connectivity index (χ3v) is 3.47. The first-order valence-corrected chi connectivity index (χ1v) is 6.98. The molecule has 0 spiro atoms. The van der Waals surface area contributed by atoms with Gasteiger partial charge in [0, 0.05) is 11.9 Å². The molecule has 0 fully saturated rings. The number of nitrogen functional groups attached to an aromatic ring is 1. The monoisotopic (exact) mass is 274 g/mol. The van der Waals surface area contributed by atoms with Crippen LogP contribution >= 0.6 is 11.3 Å². The number of oxazole rings is 1. The highest BCUT2D eigenvalue weighted by atomic mass is 32.1. The summed E-state index contributed by atoms with van der Waals surface area (Å²) in [6.45, 7) is 0.796. The molecule has 0 radical (unpaired) electrons. The van der Waals surface area contributed by atoms with E-state index in [0.29, 0.717) is 11.1 Å². The Morgan fingerprint density at radius 1 is 1.26 bits per heavy atom. The summed E-state index contributed by atoms with van der Waals surface area (Å²) in [4.78, 5) is 8.57. The molecular weight excluding hydrogens is 260 g/mol. The van der Waals surface area contributed by atoms with Crippen molar-refractivity contribution in [1.82, 2.24) is 9.97 Å². The van der Waals surface area contributed by atoms with Crippen LogP contribution < -0.4 is 11.1 Å². The minimum Gasteiger partial charge on any atom is -0.424 e. The molecule has 98 valence electrons. The van der Waals surface area contributed by atoms with Crippen LogP contribution in [0.15, 0.2) is 34.1 Å². The van der Waals surface area contributed by atoms with E-state index in [1.165, 1.54) is 11.3 Å². The van der Waals surface area contributed by atoms with Gasteiger partial charge in [-0.25, -0.2) is 4.98 Å². The lowest BCUT2D eigenvalue weighted by Crippen LogP contribution is -2.03. The molecule has 0 saturated carbocycles. The molecule has 3 aromatic rings. The van der Waals surface area contributed by atoms with Crippen LogP contribution in [-0.2, 0) is 6.42 Å². The summed E-state index contributed by atoms with van der Waals surface area (Å²) in [5.41, 5.74) is 8.30. The Balaban J connectivity index is 1.52. The van der Waals surface area contributed by atoms with Crippen LogP contribution in [0.3, 0.4) is 0 Å². The van der Waals surface area contributed by atoms with Gasteiger partial charge in [0.2, 0.25) is 0 Å². The van der Waals surface area contributed by atoms with Crippen LogP contribution in [0.1, 0.15) is 12.1 Å². The first-order valence-electron chi connectivity index (χ1n) is 6.10. The first kappa shape index (κ1) is 12.0. The zero-order valence-corrected chi connectivity index (χ0v) is 11.1. The van der Waals surface area contributed by atoms with Crippen LogP contribution in [0.4, 0.5) is 11.1 Å². The zero-order valence-electron chi connectivity index (χ0n) is 10.3. The van der Waals surface area contributed by atoms with Crippen molar-refractivity contribution in [2.75, 3.05) is 17.6 Å². The Bertz CT molecular complexity index is 643. The van der Waals surface area contributed by atoms with E-state index in [2.05, 4.69) is 15.3 Å². The summed E-state index contributed by atoms with van der Waals surface area (Å²) in [5, 5.41) is 5.80. The minimum absolute atomic E-state index is 0.569. The first-order chi connectivity index (χ1) is 9.31. The number of nitrogens with one attached hydrogen (secondary N) is 1. The fourth-order valence-electron chi connectivity index (χ4n) is 1.85. The number of nitrogens with two attached hydrogens (primary N) is 1. The minimum atomic E-state index is 0.569. The van der Waals surface area contributed by atoms with Gasteiger partial charge in [-0.05, 0) is 25.0 Å². The van der Waals surface area contributed by atoms with E-state index in [0.717, 1.165) is 36.2 Å². The molecule has 2 aromatic heterocycles. The Kier molecular flexibility index (Phi) is 3.33. The van der Waals surface area contributed by atoms with Gasteiger partial charge in [0.1, 0.15) is 5.52 Å². The topological polar surface area (TPSA) is 77.0 Å². The van der Waals surface area contributed by atoms with Gasteiger partial charge in [-0.2, -0.15) is 4.98 Å². The molecule has 0 unspecified atom stereocenters. The molecule has 0 aliphatic rings. The van der Waals surface area contributed by atoms with Gasteiger partial charge in [-0.1, -0.05) is 12.1 Å². The number of anilines is 2. The largest absolute Gasteiger partial charge is 0.424 e. The lowest BCUT2D eigenvalue weighted by molar-refractivity contribution is 0.612. The number of hydrogen-bond acceptors (Lipinski definition) is 6. The van der Waals surface area contributed by atoms with Gasteiger partial charge >= 0.3 is 0 Å². The Morgan fingerprint density at radius 3 is 2.95 bits per heavy atom. The summed E-state index contributed by atoms with van der Waals surface area (Å²) in [7, 11) is 0. The standard InChI is InChI=1S/C13H14N4OS/c14-12-16-9(8-19-12)4-3-7-15-13-17-10-5-1-2-6-11(10)18-13/h1-2,5-6,8H,3-4,7H2,(H2,14,16)(H,15,17). The number of para-hydroxylation sites is 2. The molecule has 0 atom stereocenters. The molecule has 1 aromatic carbocycles. The zero-order chi connectivity index (χ0) is 13.1. The van der Waals surface area contributed by atoms with E-state index in [-0.39, 0.29) is 0 Å². The maximum Gasteiger partial charge on any atom is 0.295 e. The Morgan fingerprint density at radius 2 is 2.16 bits per heavy atom. The van der Waals surface area contributed by atoms with E-state index in [9.17, 15) is 0 Å². The van der Waals surface area contributed by atoms with Crippen LogP contribution in [0.25, 0.3) is 11.1 Å². The van der Waals surface area contributed by atoms with Crippen molar-refractivity contribution in [1.29, 1.82) is 0 Å². The second kappa shape index (κ2) is 5.27. The number of rotatable bonds is 5. The lowest BCUT2D eigenvalue weighted by Gasteiger charge is -1.99. The lowest BCUT2D eigenvalue weighted by atomic mass is 10.2. The summed E-state index contributed by atoms with van der Waals surface area (Å²) in [6, 6.07) is 8.29. The molecule has 0 aliphatic heterocycles. The third kappa shape index (κ3) is 2.85. The van der Waals surface area contributed by atoms with Crippen molar-refractivity contribution in [3.63, 3.8) is 0 Å². The smallest absolute Gasteiger partial charge is 0.295 e. The second-order valence-electron chi connectivity index (χ2n) is 4.19. The van der Waals surface area contributed by atoms with Gasteiger partial charge < -0.3 is 15.5 Å². The Hall–Kier alpha value is -2.08. The van der Waals surface area contributed by atoms with E-state index >= 15 is 0 Å². The molecular formula is C13H14N4OS. The number of fused-ring (bicyclic) bond motifs is 1. The fraction of sp³-hybridized carbons (Fsp3) is 0.231. The van der Waals surface area contributed by atoms with Gasteiger partial charge in [0.15, 0.2) is 10.7 Å². The van der Waals surface area contributed by atoms with Gasteiger partial charge in [0.25, 0.3) is 6.01 Å². The molecule has 0 amide bonds. The highest BCUT2D eigenvalue weighted by Crippen LogP contribution is 2.18. The number of aryl methyl sites for hydroxylation is 1. The third-order valence-electron chi connectivity index (χ3n) is 2.75. The summed E-state index contributed by atoms with van der Waals surface area (Å²) in [6.07, 6.45) is 1.86. The van der Waals surface area contributed by atoms with Crippen LogP contribution in [-0.4, -0.2) is 16.5 Å². The van der Waals surface area contributed by atoms with Crippen molar-refractivity contribution < 1.29 is 4.42 Å². The molecule has 3 N–H and O–H groups in total. The SMILES string of the molecule is Nc1nc(CCCNc2nc3ccccc3o2)cs1. The predicted octanol–water partition coefficient (Wildman–Crippen LogP) is 2.91. The highest BCUT2D eigenvalue weighted by molar-refractivity contribution is 7.13. The van der Waals surface area contributed by atoms with Gasteiger partial charge in [-0.15, -0.1) is 11.3 Å². The molecule has 0 saturated heterocycles. The normalized spacial score (nSPS) is 10.9. The van der Waals surface area contributed by atoms with E-state index in [1.807, 2.05) is 29.6 Å². The molecule has 19 heavy (non-hydrogen) atoms. The van der Waals surface area contributed by atoms with Crippen molar-refractivity contribution in [3.8, 4) is 0 Å². The van der Waals surface area contributed by atoms with Crippen LogP contribution in [0.5, 0.6) is 0 Å².